The highest BCUT2D eigenvalue weighted by Crippen LogP contribution is 2.17. The number of carbonyl (C=O) groups excluding carboxylic acids is 2. The quantitative estimate of drug-likeness (QED) is 0.550. The second-order valence-electron chi connectivity index (χ2n) is 5.71. The fourth-order valence-corrected chi connectivity index (χ4v) is 2.22. The molecule has 0 heterocycles. The molecule has 0 unspecified atom stereocenters. The molecule has 6 nitrogen and oxygen atoms in total. The number of amides is 1. The number of aryl methyl sites for hydroxylation is 1. The Labute approximate surface area is 153 Å². The summed E-state index contributed by atoms with van der Waals surface area (Å²) in [5.41, 5.74) is 1.72. The number of hydrogen-bond donors (Lipinski definition) is 1. The molecule has 0 aliphatic carbocycles. The molecule has 2 aromatic carbocycles. The minimum atomic E-state index is -0.428. The molecule has 0 aliphatic rings. The molecule has 138 valence electrons. The monoisotopic (exact) mass is 357 g/mol. The van der Waals surface area contributed by atoms with Gasteiger partial charge in [0.2, 0.25) is 0 Å². The van der Waals surface area contributed by atoms with E-state index < -0.39 is 5.97 Å². The molecule has 26 heavy (non-hydrogen) atoms. The van der Waals surface area contributed by atoms with Crippen LogP contribution in [0.2, 0.25) is 0 Å². The van der Waals surface area contributed by atoms with Crippen molar-refractivity contribution < 1.29 is 23.8 Å². The maximum absolute atomic E-state index is 11.8. The van der Waals surface area contributed by atoms with Crippen LogP contribution in [-0.4, -0.2) is 32.2 Å². The van der Waals surface area contributed by atoms with Crippen molar-refractivity contribution in [1.29, 1.82) is 0 Å². The van der Waals surface area contributed by atoms with E-state index in [0.29, 0.717) is 24.5 Å². The maximum Gasteiger partial charge on any atom is 0.306 e. The van der Waals surface area contributed by atoms with Crippen molar-refractivity contribution in [3.8, 4) is 11.5 Å². The molecule has 0 spiro atoms. The van der Waals surface area contributed by atoms with E-state index in [2.05, 4.69) is 5.32 Å². The Bertz CT molecular complexity index is 727. The lowest BCUT2D eigenvalue weighted by atomic mass is 10.2. The van der Waals surface area contributed by atoms with Crippen molar-refractivity contribution >= 4 is 17.6 Å². The van der Waals surface area contributed by atoms with Gasteiger partial charge in [-0.1, -0.05) is 12.1 Å². The van der Waals surface area contributed by atoms with Gasteiger partial charge in [-0.2, -0.15) is 0 Å². The van der Waals surface area contributed by atoms with Gasteiger partial charge in [0.1, 0.15) is 11.5 Å². The maximum atomic E-state index is 11.8. The van der Waals surface area contributed by atoms with E-state index in [4.69, 9.17) is 14.2 Å². The highest BCUT2D eigenvalue weighted by Gasteiger charge is 2.08. The van der Waals surface area contributed by atoms with Gasteiger partial charge in [-0.15, -0.1) is 0 Å². The van der Waals surface area contributed by atoms with Crippen LogP contribution in [0.1, 0.15) is 18.4 Å². The van der Waals surface area contributed by atoms with Gasteiger partial charge in [0.15, 0.2) is 6.61 Å². The Balaban J connectivity index is 1.60. The molecule has 0 aliphatic heterocycles. The highest BCUT2D eigenvalue weighted by atomic mass is 16.5. The zero-order chi connectivity index (χ0) is 18.8. The second kappa shape index (κ2) is 10.1. The second-order valence-corrected chi connectivity index (χ2v) is 5.71. The number of ether oxygens (including phenoxy) is 3. The predicted octanol–water partition coefficient (Wildman–Crippen LogP) is 3.34. The third-order valence-electron chi connectivity index (χ3n) is 3.52. The van der Waals surface area contributed by atoms with Gasteiger partial charge in [0, 0.05) is 12.1 Å². The van der Waals surface area contributed by atoms with Crippen molar-refractivity contribution in [3.05, 3.63) is 54.1 Å². The van der Waals surface area contributed by atoms with Crippen molar-refractivity contribution in [2.45, 2.75) is 19.8 Å². The topological polar surface area (TPSA) is 73.9 Å². The molecule has 0 saturated heterocycles. The summed E-state index contributed by atoms with van der Waals surface area (Å²) >= 11 is 0. The van der Waals surface area contributed by atoms with Crippen molar-refractivity contribution in [2.75, 3.05) is 25.6 Å². The molecule has 0 bridgehead atoms. The fraction of sp³-hybridized carbons (Fsp3) is 0.300. The molecule has 6 heteroatoms. The summed E-state index contributed by atoms with van der Waals surface area (Å²) in [6, 6.07) is 14.6. The summed E-state index contributed by atoms with van der Waals surface area (Å²) in [7, 11) is 1.60. The number of hydrogen-bond acceptors (Lipinski definition) is 5. The molecule has 0 saturated carbocycles. The van der Waals surface area contributed by atoms with E-state index in [1.54, 1.807) is 37.4 Å². The van der Waals surface area contributed by atoms with Crippen molar-refractivity contribution in [2.24, 2.45) is 0 Å². The first-order valence-electron chi connectivity index (χ1n) is 8.36. The first-order chi connectivity index (χ1) is 12.6. The number of nitrogens with one attached hydrogen (secondary N) is 1. The Morgan fingerprint density at radius 1 is 1.04 bits per heavy atom. The minimum Gasteiger partial charge on any atom is -0.497 e. The summed E-state index contributed by atoms with van der Waals surface area (Å²) in [6.45, 7) is 2.02. The van der Waals surface area contributed by atoms with Crippen LogP contribution in [0.25, 0.3) is 0 Å². The summed E-state index contributed by atoms with van der Waals surface area (Å²) < 4.78 is 15.6. The van der Waals surface area contributed by atoms with Crippen LogP contribution in [0.5, 0.6) is 11.5 Å². The molecule has 0 fully saturated rings. The van der Waals surface area contributed by atoms with Crippen molar-refractivity contribution in [3.63, 3.8) is 0 Å². The third kappa shape index (κ3) is 6.84. The van der Waals surface area contributed by atoms with E-state index in [9.17, 15) is 9.59 Å². The smallest absolute Gasteiger partial charge is 0.306 e. The third-order valence-corrected chi connectivity index (χ3v) is 3.52. The van der Waals surface area contributed by atoms with Gasteiger partial charge in [-0.25, -0.2) is 0 Å². The van der Waals surface area contributed by atoms with Crippen LogP contribution in [0.4, 0.5) is 5.69 Å². The normalized spacial score (nSPS) is 10.1. The Kier molecular flexibility index (Phi) is 7.49. The lowest BCUT2D eigenvalue weighted by molar-refractivity contribution is -0.147. The van der Waals surface area contributed by atoms with Crippen LogP contribution in [-0.2, 0) is 14.3 Å². The minimum absolute atomic E-state index is 0.188. The lowest BCUT2D eigenvalue weighted by Gasteiger charge is -2.08. The van der Waals surface area contributed by atoms with Gasteiger partial charge in [-0.3, -0.25) is 9.59 Å². The zero-order valence-electron chi connectivity index (χ0n) is 15.0. The molecular weight excluding hydrogens is 334 g/mol. The Hall–Kier alpha value is -3.02. The number of carbonyl (C=O) groups is 2. The summed E-state index contributed by atoms with van der Waals surface area (Å²) in [5, 5.41) is 2.69. The van der Waals surface area contributed by atoms with E-state index in [0.717, 1.165) is 11.3 Å². The average Bonchev–Trinajstić information content (AvgIpc) is 2.64. The molecule has 0 radical (unpaired) electrons. The van der Waals surface area contributed by atoms with Crippen LogP contribution in [0, 0.1) is 6.92 Å². The van der Waals surface area contributed by atoms with Gasteiger partial charge < -0.3 is 19.5 Å². The molecule has 1 N–H and O–H groups in total. The summed E-state index contributed by atoms with van der Waals surface area (Å²) in [4.78, 5) is 23.4. The van der Waals surface area contributed by atoms with Crippen LogP contribution in [0.15, 0.2) is 48.5 Å². The van der Waals surface area contributed by atoms with Gasteiger partial charge in [0.05, 0.1) is 13.7 Å². The van der Waals surface area contributed by atoms with Crippen LogP contribution < -0.4 is 14.8 Å². The highest BCUT2D eigenvalue weighted by molar-refractivity contribution is 5.92. The molecular formula is C20H23NO5. The van der Waals surface area contributed by atoms with Gasteiger partial charge in [-0.05, 0) is 55.3 Å². The van der Waals surface area contributed by atoms with E-state index in [-0.39, 0.29) is 18.9 Å². The van der Waals surface area contributed by atoms with E-state index in [1.807, 2.05) is 25.1 Å². The molecule has 0 atom stereocenters. The number of anilines is 1. The van der Waals surface area contributed by atoms with Gasteiger partial charge in [0.25, 0.3) is 5.91 Å². The van der Waals surface area contributed by atoms with Crippen LogP contribution >= 0.6 is 0 Å². The lowest BCUT2D eigenvalue weighted by Crippen LogP contribution is -2.21. The first-order valence-corrected chi connectivity index (χ1v) is 8.36. The number of methoxy groups -OCH3 is 1. The van der Waals surface area contributed by atoms with E-state index >= 15 is 0 Å². The molecule has 1 amide bonds. The Morgan fingerprint density at radius 3 is 2.46 bits per heavy atom. The Morgan fingerprint density at radius 2 is 1.77 bits per heavy atom. The average molecular weight is 357 g/mol. The molecule has 2 aromatic rings. The zero-order valence-corrected chi connectivity index (χ0v) is 15.0. The largest absolute Gasteiger partial charge is 0.497 e. The summed E-state index contributed by atoms with van der Waals surface area (Å²) in [5.74, 6) is 0.669. The fourth-order valence-electron chi connectivity index (χ4n) is 2.22. The first kappa shape index (κ1) is 19.3. The summed E-state index contributed by atoms with van der Waals surface area (Å²) in [6.07, 6.45) is 0.693. The SMILES string of the molecule is COc1ccc(OCCCC(=O)OCC(=O)Nc2cccc(C)c2)cc1. The van der Waals surface area contributed by atoms with Crippen LogP contribution in [0.3, 0.4) is 0 Å². The molecule has 2 rings (SSSR count). The number of rotatable bonds is 9. The number of esters is 1. The van der Waals surface area contributed by atoms with Gasteiger partial charge >= 0.3 is 5.97 Å². The van der Waals surface area contributed by atoms with E-state index in [1.165, 1.54) is 0 Å². The standard InChI is InChI=1S/C20H23NO5/c1-15-5-3-6-16(13-15)21-19(22)14-26-20(23)7-4-12-25-18-10-8-17(24-2)9-11-18/h3,5-6,8-11,13H,4,7,12,14H2,1-2H3,(H,21,22). The predicted molar refractivity (Wildman–Crippen MR) is 98.5 cm³/mol. The molecule has 0 aromatic heterocycles. The van der Waals surface area contributed by atoms with Crippen molar-refractivity contribution in [1.82, 2.24) is 0 Å². The number of benzene rings is 2.